The molecule has 1 aromatic carbocycles. The van der Waals surface area contributed by atoms with Gasteiger partial charge in [0.2, 0.25) is 0 Å². The van der Waals surface area contributed by atoms with Crippen molar-refractivity contribution in [1.29, 1.82) is 0 Å². The van der Waals surface area contributed by atoms with Gasteiger partial charge in [0, 0.05) is 0 Å². The molecular weight excluding hydrogens is 228 g/mol. The highest BCUT2D eigenvalue weighted by molar-refractivity contribution is 7.72. The molecule has 0 bridgehead atoms. The SMILES string of the molecule is CCCCOC(=O)c1ccccc1[SH](=O)=O. The van der Waals surface area contributed by atoms with Crippen molar-refractivity contribution in [1.82, 2.24) is 0 Å². The number of esters is 1. The number of rotatable bonds is 5. The Kier molecular flexibility index (Phi) is 4.98. The Morgan fingerprint density at radius 1 is 1.31 bits per heavy atom. The van der Waals surface area contributed by atoms with E-state index in [1.165, 1.54) is 12.1 Å². The maximum absolute atomic E-state index is 11.6. The molecule has 0 saturated carbocycles. The van der Waals surface area contributed by atoms with Gasteiger partial charge in [0.15, 0.2) is 10.7 Å². The van der Waals surface area contributed by atoms with E-state index < -0.39 is 16.7 Å². The number of ether oxygens (including phenoxy) is 1. The molecule has 0 amide bonds. The van der Waals surface area contributed by atoms with Gasteiger partial charge in [-0.1, -0.05) is 25.5 Å². The van der Waals surface area contributed by atoms with E-state index in [1.54, 1.807) is 12.1 Å². The molecule has 0 aliphatic carbocycles. The predicted molar refractivity (Wildman–Crippen MR) is 60.2 cm³/mol. The normalized spacial score (nSPS) is 10.4. The minimum Gasteiger partial charge on any atom is -0.462 e. The molecule has 0 spiro atoms. The summed E-state index contributed by atoms with van der Waals surface area (Å²) < 4.78 is 26.7. The van der Waals surface area contributed by atoms with Crippen molar-refractivity contribution in [3.8, 4) is 0 Å². The number of thiol groups is 1. The fourth-order valence-electron chi connectivity index (χ4n) is 1.19. The van der Waals surface area contributed by atoms with Crippen LogP contribution in [0.5, 0.6) is 0 Å². The molecule has 0 aliphatic rings. The third-order valence-corrected chi connectivity index (χ3v) is 2.84. The van der Waals surface area contributed by atoms with Crippen molar-refractivity contribution in [2.75, 3.05) is 6.61 Å². The number of hydrogen-bond acceptors (Lipinski definition) is 4. The number of unbranched alkanes of at least 4 members (excludes halogenated alkanes) is 1. The summed E-state index contributed by atoms with van der Waals surface area (Å²) >= 11 is 0. The fraction of sp³-hybridized carbons (Fsp3) is 0.364. The summed E-state index contributed by atoms with van der Waals surface area (Å²) in [5.41, 5.74) is 0.106. The summed E-state index contributed by atoms with van der Waals surface area (Å²) in [6.07, 6.45) is 1.70. The maximum Gasteiger partial charge on any atom is 0.339 e. The molecule has 0 heterocycles. The van der Waals surface area contributed by atoms with Crippen LogP contribution in [0.2, 0.25) is 0 Å². The minimum atomic E-state index is -2.77. The van der Waals surface area contributed by atoms with E-state index >= 15 is 0 Å². The third-order valence-electron chi connectivity index (χ3n) is 2.05. The standard InChI is InChI=1S/C11H14O4S/c1-2-3-8-15-11(12)9-6-4-5-7-10(9)16(13)14/h4-7,16H,2-3,8H2,1H3. The average Bonchev–Trinajstić information content (AvgIpc) is 2.29. The summed E-state index contributed by atoms with van der Waals surface area (Å²) in [5.74, 6) is -0.580. The van der Waals surface area contributed by atoms with Gasteiger partial charge in [-0.15, -0.1) is 0 Å². The molecule has 0 aromatic heterocycles. The maximum atomic E-state index is 11.6. The molecule has 1 rings (SSSR count). The molecule has 5 heteroatoms. The summed E-state index contributed by atoms with van der Waals surface area (Å²) in [6.45, 7) is 2.30. The lowest BCUT2D eigenvalue weighted by molar-refractivity contribution is 0.0495. The van der Waals surface area contributed by atoms with Gasteiger partial charge in [0.25, 0.3) is 0 Å². The highest BCUT2D eigenvalue weighted by atomic mass is 32.2. The van der Waals surface area contributed by atoms with Crippen LogP contribution in [-0.2, 0) is 15.4 Å². The van der Waals surface area contributed by atoms with Gasteiger partial charge in [-0.2, -0.15) is 0 Å². The first-order valence-electron chi connectivity index (χ1n) is 5.07. The molecule has 88 valence electrons. The van der Waals surface area contributed by atoms with E-state index in [0.29, 0.717) is 6.61 Å². The molecule has 0 atom stereocenters. The quantitative estimate of drug-likeness (QED) is 0.484. The van der Waals surface area contributed by atoms with Crippen molar-refractivity contribution >= 4 is 16.7 Å². The molecule has 4 nitrogen and oxygen atoms in total. The van der Waals surface area contributed by atoms with Gasteiger partial charge in [-0.3, -0.25) is 0 Å². The zero-order valence-electron chi connectivity index (χ0n) is 9.01. The Morgan fingerprint density at radius 2 is 2.00 bits per heavy atom. The summed E-state index contributed by atoms with van der Waals surface area (Å²) in [7, 11) is -2.77. The van der Waals surface area contributed by atoms with Crippen LogP contribution in [-0.4, -0.2) is 21.0 Å². The van der Waals surface area contributed by atoms with Crippen molar-refractivity contribution in [3.63, 3.8) is 0 Å². The van der Waals surface area contributed by atoms with Gasteiger partial charge >= 0.3 is 5.97 Å². The third kappa shape index (κ3) is 3.34. The van der Waals surface area contributed by atoms with Crippen LogP contribution < -0.4 is 0 Å². The van der Waals surface area contributed by atoms with Crippen LogP contribution >= 0.6 is 0 Å². The Balaban J connectivity index is 2.82. The number of benzene rings is 1. The van der Waals surface area contributed by atoms with Crippen LogP contribution in [0.25, 0.3) is 0 Å². The van der Waals surface area contributed by atoms with Crippen molar-refractivity contribution in [2.24, 2.45) is 0 Å². The van der Waals surface area contributed by atoms with Crippen LogP contribution in [0.15, 0.2) is 29.2 Å². The van der Waals surface area contributed by atoms with Crippen LogP contribution in [0.4, 0.5) is 0 Å². The molecule has 0 unspecified atom stereocenters. The lowest BCUT2D eigenvalue weighted by Crippen LogP contribution is -2.08. The smallest absolute Gasteiger partial charge is 0.339 e. The Labute approximate surface area is 96.2 Å². The van der Waals surface area contributed by atoms with Gasteiger partial charge in [-0.05, 0) is 18.6 Å². The average molecular weight is 242 g/mol. The highest BCUT2D eigenvalue weighted by Gasteiger charge is 2.13. The van der Waals surface area contributed by atoms with Crippen molar-refractivity contribution in [2.45, 2.75) is 24.7 Å². The topological polar surface area (TPSA) is 60.4 Å². The zero-order chi connectivity index (χ0) is 12.0. The van der Waals surface area contributed by atoms with Gasteiger partial charge in [0.05, 0.1) is 17.1 Å². The summed E-state index contributed by atoms with van der Waals surface area (Å²) in [6, 6.07) is 6.03. The monoisotopic (exact) mass is 242 g/mol. The van der Waals surface area contributed by atoms with E-state index in [4.69, 9.17) is 4.74 Å². The largest absolute Gasteiger partial charge is 0.462 e. The second-order valence-electron chi connectivity index (χ2n) is 3.26. The van der Waals surface area contributed by atoms with E-state index in [2.05, 4.69) is 0 Å². The summed E-state index contributed by atoms with van der Waals surface area (Å²) in [5, 5.41) is 0. The first-order valence-corrected chi connectivity index (χ1v) is 6.25. The van der Waals surface area contributed by atoms with Crippen molar-refractivity contribution in [3.05, 3.63) is 29.8 Å². The minimum absolute atomic E-state index is 0.0130. The van der Waals surface area contributed by atoms with Crippen LogP contribution in [0.1, 0.15) is 30.1 Å². The Bertz CT molecular complexity index is 429. The fourth-order valence-corrected chi connectivity index (χ4v) is 1.76. The number of hydrogen-bond donors (Lipinski definition) is 1. The predicted octanol–water partition coefficient (Wildman–Crippen LogP) is 1.61. The molecule has 0 saturated heterocycles. The molecule has 0 aliphatic heterocycles. The van der Waals surface area contributed by atoms with E-state index in [9.17, 15) is 13.2 Å². The highest BCUT2D eigenvalue weighted by Crippen LogP contribution is 2.11. The van der Waals surface area contributed by atoms with E-state index in [1.807, 2.05) is 6.92 Å². The molecular formula is C11H14O4S. The molecule has 0 radical (unpaired) electrons. The molecule has 1 aromatic rings. The Morgan fingerprint density at radius 3 is 2.62 bits per heavy atom. The van der Waals surface area contributed by atoms with E-state index in [0.717, 1.165) is 12.8 Å². The van der Waals surface area contributed by atoms with Gasteiger partial charge < -0.3 is 4.74 Å². The van der Waals surface area contributed by atoms with Gasteiger partial charge in [-0.25, -0.2) is 13.2 Å². The van der Waals surface area contributed by atoms with Gasteiger partial charge in [0.1, 0.15) is 0 Å². The molecule has 0 fully saturated rings. The zero-order valence-corrected chi connectivity index (χ0v) is 9.91. The first kappa shape index (κ1) is 12.7. The Hall–Kier alpha value is -1.36. The number of carbonyl (C=O) groups excluding carboxylic acids is 1. The second-order valence-corrected chi connectivity index (χ2v) is 4.26. The summed E-state index contributed by atoms with van der Waals surface area (Å²) in [4.78, 5) is 11.6. The molecule has 0 N–H and O–H groups in total. The lowest BCUT2D eigenvalue weighted by Gasteiger charge is -2.05. The van der Waals surface area contributed by atoms with Crippen LogP contribution in [0, 0.1) is 0 Å². The van der Waals surface area contributed by atoms with Crippen LogP contribution in [0.3, 0.4) is 0 Å². The first-order chi connectivity index (χ1) is 7.66. The lowest BCUT2D eigenvalue weighted by atomic mass is 10.2. The second kappa shape index (κ2) is 6.27. The molecule has 16 heavy (non-hydrogen) atoms. The van der Waals surface area contributed by atoms with E-state index in [-0.39, 0.29) is 10.5 Å². The van der Waals surface area contributed by atoms with Crippen molar-refractivity contribution < 1.29 is 17.9 Å². The number of carbonyl (C=O) groups is 1.